The van der Waals surface area contributed by atoms with Crippen LogP contribution in [0.1, 0.15) is 32.6 Å². The van der Waals surface area contributed by atoms with E-state index in [1.165, 1.54) is 4.31 Å². The quantitative estimate of drug-likeness (QED) is 0.688. The molecule has 0 N–H and O–H groups in total. The van der Waals surface area contributed by atoms with Crippen LogP contribution in [-0.4, -0.2) is 69.5 Å². The highest BCUT2D eigenvalue weighted by Gasteiger charge is 2.33. The average molecular weight is 411 g/mol. The van der Waals surface area contributed by atoms with Gasteiger partial charge in [0.25, 0.3) is 0 Å². The smallest absolute Gasteiger partial charge is 0.243 e. The fourth-order valence-corrected chi connectivity index (χ4v) is 5.33. The molecule has 7 nitrogen and oxygen atoms in total. The third-order valence-electron chi connectivity index (χ3n) is 5.45. The Balaban J connectivity index is 1.55. The number of amides is 1. The van der Waals surface area contributed by atoms with Crippen LogP contribution in [0.15, 0.2) is 29.2 Å². The van der Waals surface area contributed by atoms with Gasteiger partial charge in [0.05, 0.1) is 17.6 Å². The minimum Gasteiger partial charge on any atom is -0.494 e. The van der Waals surface area contributed by atoms with Gasteiger partial charge in [-0.15, -0.1) is 0 Å². The van der Waals surface area contributed by atoms with Crippen molar-refractivity contribution in [2.24, 2.45) is 5.92 Å². The van der Waals surface area contributed by atoms with Crippen LogP contribution in [-0.2, 0) is 19.6 Å². The Morgan fingerprint density at radius 1 is 1.21 bits per heavy atom. The summed E-state index contributed by atoms with van der Waals surface area (Å²) < 4.78 is 38.2. The summed E-state index contributed by atoms with van der Waals surface area (Å²) in [6.45, 7) is 4.53. The van der Waals surface area contributed by atoms with Gasteiger partial charge in [-0.2, -0.15) is 4.31 Å². The number of benzene rings is 1. The zero-order chi connectivity index (χ0) is 20.1. The maximum Gasteiger partial charge on any atom is 0.243 e. The Kier molecular flexibility index (Phi) is 6.95. The zero-order valence-corrected chi connectivity index (χ0v) is 17.5. The second-order valence-electron chi connectivity index (χ2n) is 7.44. The second kappa shape index (κ2) is 9.24. The van der Waals surface area contributed by atoms with E-state index in [2.05, 4.69) is 0 Å². The number of ether oxygens (including phenoxy) is 2. The van der Waals surface area contributed by atoms with Gasteiger partial charge >= 0.3 is 0 Å². The third-order valence-corrected chi connectivity index (χ3v) is 7.37. The summed E-state index contributed by atoms with van der Waals surface area (Å²) in [4.78, 5) is 14.7. The molecule has 156 valence electrons. The highest BCUT2D eigenvalue weighted by atomic mass is 32.2. The Hall–Kier alpha value is -1.64. The first-order valence-corrected chi connectivity index (χ1v) is 11.5. The van der Waals surface area contributed by atoms with E-state index in [-0.39, 0.29) is 22.8 Å². The molecule has 0 spiro atoms. The number of piperidine rings is 1. The molecule has 2 saturated heterocycles. The van der Waals surface area contributed by atoms with Gasteiger partial charge in [0.2, 0.25) is 15.9 Å². The molecule has 2 aliphatic rings. The minimum atomic E-state index is -3.55. The van der Waals surface area contributed by atoms with Gasteiger partial charge in [0.1, 0.15) is 5.75 Å². The SMILES string of the molecule is CCOc1ccc(S(=O)(=O)N2CCC(C(=O)N(C)CC3CCCO3)CC2)cc1. The lowest BCUT2D eigenvalue weighted by Gasteiger charge is -2.33. The molecule has 2 aliphatic heterocycles. The van der Waals surface area contributed by atoms with Crippen molar-refractivity contribution in [3.8, 4) is 5.75 Å². The molecular formula is C20H30N2O5S. The van der Waals surface area contributed by atoms with Gasteiger partial charge in [-0.25, -0.2) is 8.42 Å². The summed E-state index contributed by atoms with van der Waals surface area (Å²) in [6.07, 6.45) is 3.27. The fourth-order valence-electron chi connectivity index (χ4n) is 3.86. The first-order chi connectivity index (χ1) is 13.4. The van der Waals surface area contributed by atoms with Crippen molar-refractivity contribution >= 4 is 15.9 Å². The monoisotopic (exact) mass is 410 g/mol. The molecule has 0 saturated carbocycles. The van der Waals surface area contributed by atoms with E-state index in [1.807, 2.05) is 14.0 Å². The van der Waals surface area contributed by atoms with Crippen molar-refractivity contribution in [3.05, 3.63) is 24.3 Å². The standard InChI is InChI=1S/C20H30N2O5S/c1-3-26-17-6-8-19(9-7-17)28(24,25)22-12-10-16(11-13-22)20(23)21(2)15-18-5-4-14-27-18/h6-9,16,18H,3-5,10-15H2,1-2H3. The Labute approximate surface area is 167 Å². The molecule has 1 unspecified atom stereocenters. The molecule has 3 rings (SSSR count). The highest BCUT2D eigenvalue weighted by Crippen LogP contribution is 2.26. The van der Waals surface area contributed by atoms with Crippen LogP contribution in [0.5, 0.6) is 5.75 Å². The molecule has 2 fully saturated rings. The van der Waals surface area contributed by atoms with Crippen LogP contribution in [0.2, 0.25) is 0 Å². The first kappa shape index (κ1) is 21.1. The predicted molar refractivity (Wildman–Crippen MR) is 106 cm³/mol. The molecule has 2 heterocycles. The average Bonchev–Trinajstić information content (AvgIpc) is 3.21. The molecule has 0 aliphatic carbocycles. The molecule has 8 heteroatoms. The lowest BCUT2D eigenvalue weighted by molar-refractivity contribution is -0.136. The summed E-state index contributed by atoms with van der Waals surface area (Å²) in [5, 5.41) is 0. The molecule has 1 atom stereocenters. The fraction of sp³-hybridized carbons (Fsp3) is 0.650. The van der Waals surface area contributed by atoms with Crippen LogP contribution in [0.4, 0.5) is 0 Å². The third kappa shape index (κ3) is 4.85. The molecule has 0 radical (unpaired) electrons. The van der Waals surface area contributed by atoms with Crippen molar-refractivity contribution in [1.82, 2.24) is 9.21 Å². The molecule has 1 amide bonds. The van der Waals surface area contributed by atoms with Crippen molar-refractivity contribution in [1.29, 1.82) is 0 Å². The minimum absolute atomic E-state index is 0.0913. The zero-order valence-electron chi connectivity index (χ0n) is 16.7. The molecular weight excluding hydrogens is 380 g/mol. The Bertz CT molecular complexity index is 751. The van der Waals surface area contributed by atoms with E-state index in [1.54, 1.807) is 29.2 Å². The van der Waals surface area contributed by atoms with Crippen molar-refractivity contribution in [2.75, 3.05) is 39.9 Å². The summed E-state index contributed by atoms with van der Waals surface area (Å²) in [6, 6.07) is 6.50. The molecule has 0 bridgehead atoms. The van der Waals surface area contributed by atoms with Crippen LogP contribution in [0.25, 0.3) is 0 Å². The summed E-state index contributed by atoms with van der Waals surface area (Å²) in [7, 11) is -1.74. The van der Waals surface area contributed by atoms with Crippen molar-refractivity contribution in [2.45, 2.75) is 43.6 Å². The summed E-state index contributed by atoms with van der Waals surface area (Å²) in [5.74, 6) is 0.617. The Morgan fingerprint density at radius 2 is 1.89 bits per heavy atom. The Morgan fingerprint density at radius 3 is 2.46 bits per heavy atom. The predicted octanol–water partition coefficient (Wildman–Crippen LogP) is 2.12. The van der Waals surface area contributed by atoms with Gasteiger partial charge in [-0.1, -0.05) is 0 Å². The van der Waals surface area contributed by atoms with E-state index >= 15 is 0 Å². The maximum atomic E-state index is 12.9. The van der Waals surface area contributed by atoms with Gasteiger partial charge in [-0.05, 0) is 56.9 Å². The number of hydrogen-bond acceptors (Lipinski definition) is 5. The van der Waals surface area contributed by atoms with Gasteiger partial charge in [-0.3, -0.25) is 4.79 Å². The maximum absolute atomic E-state index is 12.9. The number of hydrogen-bond donors (Lipinski definition) is 0. The normalized spacial score (nSPS) is 21.6. The number of carbonyl (C=O) groups is 1. The highest BCUT2D eigenvalue weighted by molar-refractivity contribution is 7.89. The van der Waals surface area contributed by atoms with Gasteiger partial charge in [0.15, 0.2) is 0 Å². The summed E-state index contributed by atoms with van der Waals surface area (Å²) >= 11 is 0. The van der Waals surface area contributed by atoms with E-state index in [9.17, 15) is 13.2 Å². The topological polar surface area (TPSA) is 76.2 Å². The number of likely N-dealkylation sites (N-methyl/N-ethyl adjacent to an activating group) is 1. The van der Waals surface area contributed by atoms with Crippen LogP contribution in [0.3, 0.4) is 0 Å². The largest absolute Gasteiger partial charge is 0.494 e. The van der Waals surface area contributed by atoms with Crippen LogP contribution >= 0.6 is 0 Å². The molecule has 28 heavy (non-hydrogen) atoms. The van der Waals surface area contributed by atoms with E-state index in [0.29, 0.717) is 44.8 Å². The van der Waals surface area contributed by atoms with Gasteiger partial charge < -0.3 is 14.4 Å². The van der Waals surface area contributed by atoms with Crippen LogP contribution < -0.4 is 4.74 Å². The van der Waals surface area contributed by atoms with Crippen LogP contribution in [0, 0.1) is 5.92 Å². The first-order valence-electron chi connectivity index (χ1n) is 10.0. The number of rotatable bonds is 7. The van der Waals surface area contributed by atoms with E-state index in [0.717, 1.165) is 19.4 Å². The second-order valence-corrected chi connectivity index (χ2v) is 9.37. The van der Waals surface area contributed by atoms with E-state index < -0.39 is 10.0 Å². The molecule has 0 aromatic heterocycles. The van der Waals surface area contributed by atoms with Gasteiger partial charge in [0, 0.05) is 39.2 Å². The molecule has 1 aromatic rings. The number of sulfonamides is 1. The van der Waals surface area contributed by atoms with Crippen molar-refractivity contribution < 1.29 is 22.7 Å². The molecule has 1 aromatic carbocycles. The number of nitrogens with zero attached hydrogens (tertiary/aromatic N) is 2. The lowest BCUT2D eigenvalue weighted by atomic mass is 9.96. The lowest BCUT2D eigenvalue weighted by Crippen LogP contribution is -2.44. The summed E-state index contributed by atoms with van der Waals surface area (Å²) in [5.41, 5.74) is 0. The number of carbonyl (C=O) groups excluding carboxylic acids is 1. The van der Waals surface area contributed by atoms with E-state index in [4.69, 9.17) is 9.47 Å². The van der Waals surface area contributed by atoms with Crippen molar-refractivity contribution in [3.63, 3.8) is 0 Å².